The van der Waals surface area contributed by atoms with Crippen LogP contribution in [0.15, 0.2) is 12.4 Å². The molecule has 4 nitrogen and oxygen atoms in total. The van der Waals surface area contributed by atoms with Gasteiger partial charge in [0.2, 0.25) is 5.88 Å². The molecule has 17 heavy (non-hydrogen) atoms. The van der Waals surface area contributed by atoms with E-state index in [1.165, 1.54) is 0 Å². The lowest BCUT2D eigenvalue weighted by molar-refractivity contribution is -0.300. The highest BCUT2D eigenvalue weighted by atomic mass is 19.4. The highest BCUT2D eigenvalue weighted by Gasteiger charge is 2.59. The van der Waals surface area contributed by atoms with E-state index < -0.39 is 24.3 Å². The number of nitrogens with zero attached hydrogens (tertiary/aromatic N) is 2. The maximum Gasteiger partial charge on any atom is 0.434 e. The molecule has 0 bridgehead atoms. The Labute approximate surface area is 90.4 Å². The Kier molecular flexibility index (Phi) is 3.34. The van der Waals surface area contributed by atoms with Crippen LogP contribution in [0.5, 0.6) is 5.88 Å². The fourth-order valence-corrected chi connectivity index (χ4v) is 0.859. The topological polar surface area (TPSA) is 61.0 Å². The molecule has 0 spiro atoms. The number of alkyl halides is 6. The zero-order valence-electron chi connectivity index (χ0n) is 7.88. The van der Waals surface area contributed by atoms with Gasteiger partial charge in [0.1, 0.15) is 5.82 Å². The molecule has 96 valence electrons. The Morgan fingerprint density at radius 3 is 2.00 bits per heavy atom. The Hall–Kier alpha value is -1.74. The van der Waals surface area contributed by atoms with E-state index in [-0.39, 0.29) is 5.82 Å². The van der Waals surface area contributed by atoms with Gasteiger partial charge in [-0.2, -0.15) is 31.3 Å². The summed E-state index contributed by atoms with van der Waals surface area (Å²) in [4.78, 5) is 6.39. The maximum atomic E-state index is 12.1. The Balaban J connectivity index is 2.96. The molecule has 0 saturated heterocycles. The minimum atomic E-state index is -5.61. The van der Waals surface area contributed by atoms with Crippen molar-refractivity contribution in [2.24, 2.45) is 0 Å². The van der Waals surface area contributed by atoms with Crippen molar-refractivity contribution in [2.75, 3.05) is 5.73 Å². The molecule has 1 heterocycles. The Bertz CT molecular complexity index is 376. The van der Waals surface area contributed by atoms with Crippen LogP contribution in [0.1, 0.15) is 0 Å². The minimum Gasteiger partial charge on any atom is -0.454 e. The van der Waals surface area contributed by atoms with Gasteiger partial charge in [0.25, 0.3) is 6.10 Å². The first-order valence-electron chi connectivity index (χ1n) is 3.98. The average molecular weight is 261 g/mol. The van der Waals surface area contributed by atoms with E-state index in [1.807, 2.05) is 0 Å². The number of anilines is 1. The summed E-state index contributed by atoms with van der Waals surface area (Å²) in [6.45, 7) is 0. The maximum absolute atomic E-state index is 12.1. The van der Waals surface area contributed by atoms with Crippen molar-refractivity contribution >= 4 is 5.82 Å². The van der Waals surface area contributed by atoms with Gasteiger partial charge < -0.3 is 10.5 Å². The highest BCUT2D eigenvalue weighted by Crippen LogP contribution is 2.35. The Morgan fingerprint density at radius 1 is 1.06 bits per heavy atom. The van der Waals surface area contributed by atoms with E-state index in [1.54, 1.807) is 0 Å². The number of nitrogens with two attached hydrogens (primary N) is 1. The van der Waals surface area contributed by atoms with Crippen LogP contribution < -0.4 is 10.5 Å². The third-order valence-electron chi connectivity index (χ3n) is 1.46. The Morgan fingerprint density at radius 2 is 1.59 bits per heavy atom. The third-order valence-corrected chi connectivity index (χ3v) is 1.46. The molecule has 0 fully saturated rings. The molecule has 1 rings (SSSR count). The summed E-state index contributed by atoms with van der Waals surface area (Å²) in [6, 6.07) is 0. The monoisotopic (exact) mass is 261 g/mol. The summed E-state index contributed by atoms with van der Waals surface area (Å²) in [7, 11) is 0. The summed E-state index contributed by atoms with van der Waals surface area (Å²) in [5.74, 6) is -1.31. The number of nitrogen functional groups attached to an aromatic ring is 1. The summed E-state index contributed by atoms with van der Waals surface area (Å²) < 4.78 is 76.2. The summed E-state index contributed by atoms with van der Waals surface area (Å²) in [5, 5.41) is 0. The standard InChI is InChI=1S/C7H5F6N3O/c8-6(9,10)5(7(11,12)13)17-4-2-15-1-3(14)16-4/h1-2,5H,(H2,14,16). The molecule has 10 heteroatoms. The van der Waals surface area contributed by atoms with Crippen molar-refractivity contribution < 1.29 is 31.1 Å². The molecule has 0 radical (unpaired) electrons. The summed E-state index contributed by atoms with van der Waals surface area (Å²) in [6.07, 6.45) is -13.6. The number of hydrogen-bond donors (Lipinski definition) is 1. The average Bonchev–Trinajstić information content (AvgIpc) is 2.10. The van der Waals surface area contributed by atoms with Crippen molar-refractivity contribution in [1.29, 1.82) is 0 Å². The van der Waals surface area contributed by atoms with Crippen LogP contribution in [0, 0.1) is 0 Å². The SMILES string of the molecule is Nc1cncc(OC(C(F)(F)F)C(F)(F)F)n1. The van der Waals surface area contributed by atoms with Gasteiger partial charge in [0, 0.05) is 0 Å². The number of aromatic nitrogens is 2. The van der Waals surface area contributed by atoms with Crippen LogP contribution in [0.25, 0.3) is 0 Å². The first-order chi connectivity index (χ1) is 7.60. The summed E-state index contributed by atoms with van der Waals surface area (Å²) >= 11 is 0. The predicted octanol–water partition coefficient (Wildman–Crippen LogP) is 1.93. The van der Waals surface area contributed by atoms with Crippen molar-refractivity contribution in [3.8, 4) is 5.88 Å². The van der Waals surface area contributed by atoms with Gasteiger partial charge in [0.15, 0.2) is 0 Å². The number of rotatable bonds is 2. The van der Waals surface area contributed by atoms with E-state index in [4.69, 9.17) is 5.73 Å². The summed E-state index contributed by atoms with van der Waals surface area (Å²) in [5.41, 5.74) is 5.04. The van der Waals surface area contributed by atoms with Crippen LogP contribution in [-0.4, -0.2) is 28.4 Å². The predicted molar refractivity (Wildman–Crippen MR) is 43.0 cm³/mol. The second kappa shape index (κ2) is 4.26. The van der Waals surface area contributed by atoms with Crippen LogP contribution in [0.3, 0.4) is 0 Å². The molecule has 0 unspecified atom stereocenters. The van der Waals surface area contributed by atoms with Crippen molar-refractivity contribution in [3.05, 3.63) is 12.4 Å². The zero-order valence-corrected chi connectivity index (χ0v) is 7.88. The van der Waals surface area contributed by atoms with Gasteiger partial charge in [-0.1, -0.05) is 0 Å². The van der Waals surface area contributed by atoms with Gasteiger partial charge in [0.05, 0.1) is 12.4 Å². The number of hydrogen-bond acceptors (Lipinski definition) is 4. The molecule has 0 aliphatic heterocycles. The van der Waals surface area contributed by atoms with Gasteiger partial charge in [-0.15, -0.1) is 0 Å². The normalized spacial score (nSPS) is 12.9. The van der Waals surface area contributed by atoms with Crippen molar-refractivity contribution in [3.63, 3.8) is 0 Å². The molecular weight excluding hydrogens is 256 g/mol. The van der Waals surface area contributed by atoms with E-state index in [0.29, 0.717) is 6.20 Å². The van der Waals surface area contributed by atoms with Crippen LogP contribution in [0.2, 0.25) is 0 Å². The van der Waals surface area contributed by atoms with Crippen molar-refractivity contribution in [1.82, 2.24) is 9.97 Å². The molecular formula is C7H5F6N3O. The molecule has 2 N–H and O–H groups in total. The molecule has 1 aromatic rings. The van der Waals surface area contributed by atoms with Gasteiger partial charge >= 0.3 is 12.4 Å². The molecule has 0 aliphatic rings. The lowest BCUT2D eigenvalue weighted by Gasteiger charge is -2.23. The van der Waals surface area contributed by atoms with E-state index in [9.17, 15) is 26.3 Å². The van der Waals surface area contributed by atoms with Crippen LogP contribution >= 0.6 is 0 Å². The molecule has 0 aliphatic carbocycles. The first kappa shape index (κ1) is 13.3. The van der Waals surface area contributed by atoms with E-state index >= 15 is 0 Å². The molecule has 0 saturated carbocycles. The molecule has 0 atom stereocenters. The second-order valence-corrected chi connectivity index (χ2v) is 2.86. The van der Waals surface area contributed by atoms with Gasteiger partial charge in [-0.3, -0.25) is 4.98 Å². The quantitative estimate of drug-likeness (QED) is 0.826. The highest BCUT2D eigenvalue weighted by molar-refractivity contribution is 5.26. The van der Waals surface area contributed by atoms with Crippen LogP contribution in [-0.2, 0) is 0 Å². The second-order valence-electron chi connectivity index (χ2n) is 2.86. The molecule has 0 aromatic carbocycles. The fourth-order valence-electron chi connectivity index (χ4n) is 0.859. The van der Waals surface area contributed by atoms with Crippen molar-refractivity contribution in [2.45, 2.75) is 18.5 Å². The van der Waals surface area contributed by atoms with Gasteiger partial charge in [-0.05, 0) is 0 Å². The zero-order chi connectivity index (χ0) is 13.3. The lowest BCUT2D eigenvalue weighted by atomic mass is 10.3. The smallest absolute Gasteiger partial charge is 0.434 e. The largest absolute Gasteiger partial charge is 0.454 e. The molecule has 0 amide bonds. The van der Waals surface area contributed by atoms with E-state index in [2.05, 4.69) is 14.7 Å². The molecule has 1 aromatic heterocycles. The fraction of sp³-hybridized carbons (Fsp3) is 0.429. The lowest BCUT2D eigenvalue weighted by Crippen LogP contribution is -2.46. The third kappa shape index (κ3) is 3.64. The number of ether oxygens (including phenoxy) is 1. The van der Waals surface area contributed by atoms with Gasteiger partial charge in [-0.25, -0.2) is 0 Å². The van der Waals surface area contributed by atoms with E-state index in [0.717, 1.165) is 6.20 Å². The number of halogens is 6. The minimum absolute atomic E-state index is 0.356. The van der Waals surface area contributed by atoms with Crippen LogP contribution in [0.4, 0.5) is 32.2 Å². The first-order valence-corrected chi connectivity index (χ1v) is 3.98.